The van der Waals surface area contributed by atoms with Crippen LogP contribution in [0.25, 0.3) is 21.9 Å². The molecular weight excluding hydrogens is 361 g/mol. The Labute approximate surface area is 162 Å². The quantitative estimate of drug-likeness (QED) is 0.353. The molecule has 0 saturated carbocycles. The fourth-order valence-electron chi connectivity index (χ4n) is 3.12. The van der Waals surface area contributed by atoms with E-state index >= 15 is 0 Å². The summed E-state index contributed by atoms with van der Waals surface area (Å²) < 4.78 is 38.4. The molecule has 142 valence electrons. The Hall–Kier alpha value is -3.06. The van der Waals surface area contributed by atoms with Crippen LogP contribution in [-0.4, -0.2) is 5.78 Å². The van der Waals surface area contributed by atoms with Crippen molar-refractivity contribution in [3.8, 4) is 23.5 Å². The standard InChI is InChI=1S/C24H19F3O/c1-3-16(2)7-14-23(28)19-10-13-22-18(15-19)5-4-6-21(22)17-8-11-20(12-9-17)24(25,26)27/h1,4-6,8-13,15-16H,7,14H2,2H3/t16-/m1/s1. The van der Waals surface area contributed by atoms with Crippen LogP contribution in [0.4, 0.5) is 13.2 Å². The Bertz CT molecular complexity index is 1040. The largest absolute Gasteiger partial charge is 0.416 e. The molecule has 0 fully saturated rings. The monoisotopic (exact) mass is 380 g/mol. The van der Waals surface area contributed by atoms with Gasteiger partial charge in [-0.2, -0.15) is 13.2 Å². The molecule has 0 aromatic heterocycles. The fraction of sp³-hybridized carbons (Fsp3) is 0.208. The lowest BCUT2D eigenvalue weighted by Gasteiger charge is -2.11. The maximum Gasteiger partial charge on any atom is 0.416 e. The number of halogens is 3. The topological polar surface area (TPSA) is 17.1 Å². The molecule has 3 aromatic rings. The first-order valence-corrected chi connectivity index (χ1v) is 8.99. The minimum Gasteiger partial charge on any atom is -0.294 e. The number of terminal acetylenes is 1. The molecule has 0 aliphatic heterocycles. The highest BCUT2D eigenvalue weighted by Crippen LogP contribution is 2.33. The second kappa shape index (κ2) is 7.90. The van der Waals surface area contributed by atoms with Crippen LogP contribution < -0.4 is 0 Å². The number of hydrogen-bond donors (Lipinski definition) is 0. The number of hydrogen-bond acceptors (Lipinski definition) is 1. The fourth-order valence-corrected chi connectivity index (χ4v) is 3.12. The predicted molar refractivity (Wildman–Crippen MR) is 106 cm³/mol. The third-order valence-electron chi connectivity index (χ3n) is 4.81. The van der Waals surface area contributed by atoms with Gasteiger partial charge >= 0.3 is 6.18 Å². The second-order valence-corrected chi connectivity index (χ2v) is 6.85. The SMILES string of the molecule is C#C[C@@H](C)CCC(=O)c1ccc2c(-c3ccc(C(F)(F)F)cc3)cccc2c1. The van der Waals surface area contributed by atoms with Gasteiger partial charge in [0.25, 0.3) is 0 Å². The Morgan fingerprint density at radius 2 is 1.79 bits per heavy atom. The van der Waals surface area contributed by atoms with Crippen molar-refractivity contribution < 1.29 is 18.0 Å². The maximum atomic E-state index is 12.8. The van der Waals surface area contributed by atoms with Crippen LogP contribution in [-0.2, 0) is 6.18 Å². The molecule has 1 atom stereocenters. The minimum atomic E-state index is -4.36. The number of Topliss-reactive ketones (excluding diaryl/α,β-unsaturated/α-hetero) is 1. The van der Waals surface area contributed by atoms with E-state index in [0.29, 0.717) is 24.0 Å². The van der Waals surface area contributed by atoms with E-state index in [1.54, 1.807) is 6.07 Å². The first kappa shape index (κ1) is 19.7. The van der Waals surface area contributed by atoms with Gasteiger partial charge in [-0.3, -0.25) is 4.79 Å². The summed E-state index contributed by atoms with van der Waals surface area (Å²) in [5.74, 6) is 2.70. The van der Waals surface area contributed by atoms with Gasteiger partial charge in [-0.15, -0.1) is 12.3 Å². The summed E-state index contributed by atoms with van der Waals surface area (Å²) in [5, 5.41) is 1.75. The molecule has 28 heavy (non-hydrogen) atoms. The maximum absolute atomic E-state index is 12.8. The zero-order valence-corrected chi connectivity index (χ0v) is 15.4. The summed E-state index contributed by atoms with van der Waals surface area (Å²) in [5.41, 5.74) is 1.46. The predicted octanol–water partition coefficient (Wildman–Crippen LogP) is 6.76. The van der Waals surface area contributed by atoms with E-state index in [0.717, 1.165) is 28.5 Å². The normalized spacial score (nSPS) is 12.5. The van der Waals surface area contributed by atoms with Crippen molar-refractivity contribution in [2.75, 3.05) is 0 Å². The van der Waals surface area contributed by atoms with Crippen molar-refractivity contribution in [2.24, 2.45) is 5.92 Å². The number of ketones is 1. The summed E-state index contributed by atoms with van der Waals surface area (Å²) in [6, 6.07) is 16.1. The highest BCUT2D eigenvalue weighted by atomic mass is 19.4. The van der Waals surface area contributed by atoms with Crippen LogP contribution >= 0.6 is 0 Å². The summed E-state index contributed by atoms with van der Waals surface area (Å²) >= 11 is 0. The Morgan fingerprint density at radius 1 is 1.07 bits per heavy atom. The molecule has 0 amide bonds. The zero-order chi connectivity index (χ0) is 20.3. The number of benzene rings is 3. The molecule has 0 spiro atoms. The molecule has 3 rings (SSSR count). The zero-order valence-electron chi connectivity index (χ0n) is 15.4. The van der Waals surface area contributed by atoms with Gasteiger partial charge in [0, 0.05) is 17.9 Å². The lowest BCUT2D eigenvalue weighted by molar-refractivity contribution is -0.137. The van der Waals surface area contributed by atoms with E-state index in [-0.39, 0.29) is 11.7 Å². The van der Waals surface area contributed by atoms with Crippen LogP contribution in [0.15, 0.2) is 60.7 Å². The summed E-state index contributed by atoms with van der Waals surface area (Å²) in [7, 11) is 0. The summed E-state index contributed by atoms with van der Waals surface area (Å²) in [4.78, 5) is 12.4. The van der Waals surface area contributed by atoms with Crippen molar-refractivity contribution >= 4 is 16.6 Å². The Kier molecular flexibility index (Phi) is 5.56. The van der Waals surface area contributed by atoms with Gasteiger partial charge in [0.05, 0.1) is 5.56 Å². The number of rotatable bonds is 5. The van der Waals surface area contributed by atoms with Crippen LogP contribution in [0.2, 0.25) is 0 Å². The third-order valence-corrected chi connectivity index (χ3v) is 4.81. The first-order valence-electron chi connectivity index (χ1n) is 8.99. The third kappa shape index (κ3) is 4.26. The van der Waals surface area contributed by atoms with Gasteiger partial charge < -0.3 is 0 Å². The Morgan fingerprint density at radius 3 is 2.43 bits per heavy atom. The summed E-state index contributed by atoms with van der Waals surface area (Å²) in [6.45, 7) is 1.91. The van der Waals surface area contributed by atoms with E-state index < -0.39 is 11.7 Å². The average molecular weight is 380 g/mol. The van der Waals surface area contributed by atoms with Gasteiger partial charge in [0.2, 0.25) is 0 Å². The van der Waals surface area contributed by atoms with E-state index in [9.17, 15) is 18.0 Å². The number of alkyl halides is 3. The first-order chi connectivity index (χ1) is 13.3. The molecule has 0 heterocycles. The van der Waals surface area contributed by atoms with E-state index in [1.807, 2.05) is 37.3 Å². The average Bonchev–Trinajstić information content (AvgIpc) is 2.70. The van der Waals surface area contributed by atoms with Gasteiger partial charge in [0.15, 0.2) is 5.78 Å². The highest BCUT2D eigenvalue weighted by Gasteiger charge is 2.30. The molecule has 4 heteroatoms. The van der Waals surface area contributed by atoms with Gasteiger partial charge in [-0.1, -0.05) is 49.4 Å². The van der Waals surface area contributed by atoms with Crippen molar-refractivity contribution in [3.63, 3.8) is 0 Å². The van der Waals surface area contributed by atoms with Crippen LogP contribution in [0.1, 0.15) is 35.7 Å². The minimum absolute atomic E-state index is 0.0314. The molecule has 0 unspecified atom stereocenters. The van der Waals surface area contributed by atoms with E-state index in [4.69, 9.17) is 6.42 Å². The number of carbonyl (C=O) groups excluding carboxylic acids is 1. The molecule has 0 aliphatic carbocycles. The molecule has 0 aliphatic rings. The van der Waals surface area contributed by atoms with Crippen LogP contribution in [0.3, 0.4) is 0 Å². The lowest BCUT2D eigenvalue weighted by atomic mass is 9.94. The number of fused-ring (bicyclic) bond motifs is 1. The van der Waals surface area contributed by atoms with Gasteiger partial charge in [-0.25, -0.2) is 0 Å². The lowest BCUT2D eigenvalue weighted by Crippen LogP contribution is -2.04. The molecule has 0 saturated heterocycles. The van der Waals surface area contributed by atoms with Crippen molar-refractivity contribution in [2.45, 2.75) is 25.9 Å². The molecule has 0 N–H and O–H groups in total. The molecule has 1 nitrogen and oxygen atoms in total. The molecule has 3 aromatic carbocycles. The van der Waals surface area contributed by atoms with Crippen molar-refractivity contribution in [1.82, 2.24) is 0 Å². The van der Waals surface area contributed by atoms with Crippen molar-refractivity contribution in [3.05, 3.63) is 71.8 Å². The van der Waals surface area contributed by atoms with Gasteiger partial charge in [-0.05, 0) is 46.5 Å². The highest BCUT2D eigenvalue weighted by molar-refractivity contribution is 6.03. The summed E-state index contributed by atoms with van der Waals surface area (Å²) in [6.07, 6.45) is 2.02. The van der Waals surface area contributed by atoms with Crippen LogP contribution in [0.5, 0.6) is 0 Å². The molecule has 0 radical (unpaired) electrons. The number of carbonyl (C=O) groups is 1. The Balaban J connectivity index is 1.92. The molecular formula is C24H19F3O. The molecule has 0 bridgehead atoms. The smallest absolute Gasteiger partial charge is 0.294 e. The van der Waals surface area contributed by atoms with E-state index in [1.165, 1.54) is 12.1 Å². The van der Waals surface area contributed by atoms with E-state index in [2.05, 4.69) is 5.92 Å². The van der Waals surface area contributed by atoms with Gasteiger partial charge in [0.1, 0.15) is 0 Å². The van der Waals surface area contributed by atoms with Crippen molar-refractivity contribution in [1.29, 1.82) is 0 Å². The van der Waals surface area contributed by atoms with Crippen LogP contribution in [0, 0.1) is 18.3 Å². The second-order valence-electron chi connectivity index (χ2n) is 6.85.